The highest BCUT2D eigenvalue weighted by Gasteiger charge is 2.30. The molecule has 1 aliphatic heterocycles. The topological polar surface area (TPSA) is 75.2 Å². The van der Waals surface area contributed by atoms with E-state index in [4.69, 9.17) is 9.47 Å². The second-order valence-corrected chi connectivity index (χ2v) is 8.58. The van der Waals surface area contributed by atoms with Crippen molar-refractivity contribution in [1.82, 2.24) is 15.5 Å². The van der Waals surface area contributed by atoms with Gasteiger partial charge in [-0.25, -0.2) is 4.79 Å². The number of amides is 1. The predicted octanol–water partition coefficient (Wildman–Crippen LogP) is 3.38. The smallest absolute Gasteiger partial charge is 0.410 e. The maximum atomic E-state index is 12.5. The lowest BCUT2D eigenvalue weighted by molar-refractivity contribution is 0.0104. The maximum Gasteiger partial charge on any atom is 0.410 e. The molecule has 8 heteroatoms. The predicted molar refractivity (Wildman–Crippen MR) is 124 cm³/mol. The summed E-state index contributed by atoms with van der Waals surface area (Å²) < 4.78 is 11.2. The van der Waals surface area contributed by atoms with Gasteiger partial charge in [0.25, 0.3) is 0 Å². The first kappa shape index (κ1) is 25.3. The van der Waals surface area contributed by atoms with Gasteiger partial charge in [-0.2, -0.15) is 0 Å². The van der Waals surface area contributed by atoms with E-state index in [9.17, 15) is 4.79 Å². The number of aliphatic imine (C=N–C) groups is 1. The average molecular weight is 510 g/mol. The number of nitrogens with zero attached hydrogens (tertiary/aromatic N) is 2. The van der Waals surface area contributed by atoms with Crippen molar-refractivity contribution in [2.45, 2.75) is 70.9 Å². The standard InChI is InChI=1S/C20H38N4O3.HI/c1-20(2,3)27-19(25)24-12-6-5-8-17(24)14-23-18(21-4)22-11-7-13-26-15-16-9-10-16;/h16-17H,5-15H2,1-4H3,(H2,21,22,23);1H. The fourth-order valence-corrected chi connectivity index (χ4v) is 3.12. The van der Waals surface area contributed by atoms with Crippen LogP contribution in [0, 0.1) is 5.92 Å². The highest BCUT2D eigenvalue weighted by molar-refractivity contribution is 14.0. The third kappa shape index (κ3) is 10.1. The molecule has 1 heterocycles. The fraction of sp³-hybridized carbons (Fsp3) is 0.900. The number of likely N-dealkylation sites (tertiary alicyclic amines) is 1. The van der Waals surface area contributed by atoms with Crippen LogP contribution in [0.3, 0.4) is 0 Å². The average Bonchev–Trinajstić information content (AvgIpc) is 3.43. The zero-order valence-electron chi connectivity index (χ0n) is 18.0. The summed E-state index contributed by atoms with van der Waals surface area (Å²) >= 11 is 0. The molecule has 1 unspecified atom stereocenters. The molecule has 7 nitrogen and oxygen atoms in total. The molecule has 0 aromatic heterocycles. The zero-order chi connectivity index (χ0) is 19.7. The Morgan fingerprint density at radius 3 is 2.57 bits per heavy atom. The van der Waals surface area contributed by atoms with Crippen LogP contribution in [-0.4, -0.2) is 68.5 Å². The van der Waals surface area contributed by atoms with E-state index in [0.29, 0.717) is 6.54 Å². The quantitative estimate of drug-likeness (QED) is 0.227. The molecule has 1 saturated carbocycles. The van der Waals surface area contributed by atoms with Gasteiger partial charge < -0.3 is 25.0 Å². The van der Waals surface area contributed by atoms with Gasteiger partial charge in [-0.1, -0.05) is 0 Å². The summed E-state index contributed by atoms with van der Waals surface area (Å²) in [7, 11) is 1.77. The van der Waals surface area contributed by atoms with Crippen molar-refractivity contribution in [2.24, 2.45) is 10.9 Å². The number of guanidine groups is 1. The van der Waals surface area contributed by atoms with Crippen molar-refractivity contribution >= 4 is 36.0 Å². The molecule has 0 aromatic carbocycles. The molecular weight excluding hydrogens is 471 g/mol. The summed E-state index contributed by atoms with van der Waals surface area (Å²) in [5.41, 5.74) is -0.467. The van der Waals surface area contributed by atoms with E-state index in [-0.39, 0.29) is 36.1 Å². The van der Waals surface area contributed by atoms with E-state index < -0.39 is 5.60 Å². The second-order valence-electron chi connectivity index (χ2n) is 8.58. The molecule has 0 aromatic rings. The molecule has 0 radical (unpaired) electrons. The van der Waals surface area contributed by atoms with Crippen LogP contribution < -0.4 is 10.6 Å². The number of ether oxygens (including phenoxy) is 2. The minimum absolute atomic E-state index is 0. The summed E-state index contributed by atoms with van der Waals surface area (Å²) in [5.74, 6) is 1.59. The highest BCUT2D eigenvalue weighted by Crippen LogP contribution is 2.28. The minimum atomic E-state index is -0.467. The van der Waals surface area contributed by atoms with E-state index >= 15 is 0 Å². The Balaban J connectivity index is 0.00000392. The van der Waals surface area contributed by atoms with Gasteiger partial charge in [-0.3, -0.25) is 4.99 Å². The summed E-state index contributed by atoms with van der Waals surface area (Å²) in [6.45, 7) is 9.67. The van der Waals surface area contributed by atoms with Crippen LogP contribution in [0.25, 0.3) is 0 Å². The summed E-state index contributed by atoms with van der Waals surface area (Å²) in [5, 5.41) is 6.67. The molecule has 2 fully saturated rings. The van der Waals surface area contributed by atoms with Crippen LogP contribution >= 0.6 is 24.0 Å². The highest BCUT2D eigenvalue weighted by atomic mass is 127. The van der Waals surface area contributed by atoms with Gasteiger partial charge in [-0.15, -0.1) is 24.0 Å². The van der Waals surface area contributed by atoms with E-state index in [1.165, 1.54) is 12.8 Å². The van der Waals surface area contributed by atoms with Gasteiger partial charge in [0.2, 0.25) is 0 Å². The number of nitrogens with one attached hydrogen (secondary N) is 2. The van der Waals surface area contributed by atoms with Gasteiger partial charge in [0.15, 0.2) is 5.96 Å². The van der Waals surface area contributed by atoms with Gasteiger partial charge >= 0.3 is 6.09 Å². The van der Waals surface area contributed by atoms with Crippen LogP contribution in [0.2, 0.25) is 0 Å². The third-order valence-corrected chi connectivity index (χ3v) is 4.79. The fourth-order valence-electron chi connectivity index (χ4n) is 3.12. The van der Waals surface area contributed by atoms with Gasteiger partial charge in [0.1, 0.15) is 5.60 Å². The SMILES string of the molecule is CN=C(NCCCOCC1CC1)NCC1CCCCN1C(=O)OC(C)(C)C.I. The second kappa shape index (κ2) is 12.7. The summed E-state index contributed by atoms with van der Waals surface area (Å²) in [4.78, 5) is 18.6. The Bertz CT molecular complexity index is 492. The van der Waals surface area contributed by atoms with Crippen LogP contribution in [-0.2, 0) is 9.47 Å². The Labute approximate surface area is 187 Å². The first-order valence-corrected chi connectivity index (χ1v) is 10.4. The van der Waals surface area contributed by atoms with E-state index in [0.717, 1.165) is 63.9 Å². The van der Waals surface area contributed by atoms with Crippen LogP contribution in [0.1, 0.15) is 59.3 Å². The molecule has 0 bridgehead atoms. The minimum Gasteiger partial charge on any atom is -0.444 e. The van der Waals surface area contributed by atoms with Crippen molar-refractivity contribution in [3.63, 3.8) is 0 Å². The Morgan fingerprint density at radius 2 is 1.93 bits per heavy atom. The molecule has 1 amide bonds. The first-order chi connectivity index (χ1) is 12.9. The third-order valence-electron chi connectivity index (χ3n) is 4.79. The number of rotatable bonds is 8. The lowest BCUT2D eigenvalue weighted by Crippen LogP contribution is -2.52. The Morgan fingerprint density at radius 1 is 1.18 bits per heavy atom. The zero-order valence-corrected chi connectivity index (χ0v) is 20.3. The van der Waals surface area contributed by atoms with Crippen molar-refractivity contribution in [3.05, 3.63) is 0 Å². The number of hydrogen-bond donors (Lipinski definition) is 2. The number of hydrogen-bond acceptors (Lipinski definition) is 4. The maximum absolute atomic E-state index is 12.5. The molecule has 1 saturated heterocycles. The van der Waals surface area contributed by atoms with E-state index in [1.54, 1.807) is 7.05 Å². The van der Waals surface area contributed by atoms with Crippen molar-refractivity contribution in [2.75, 3.05) is 39.9 Å². The summed E-state index contributed by atoms with van der Waals surface area (Å²) in [6.07, 6.45) is 6.55. The number of halogens is 1. The molecule has 28 heavy (non-hydrogen) atoms. The molecule has 2 aliphatic rings. The van der Waals surface area contributed by atoms with E-state index in [2.05, 4.69) is 15.6 Å². The Hall–Kier alpha value is -0.770. The normalized spacial score (nSPS) is 20.4. The largest absolute Gasteiger partial charge is 0.444 e. The number of carbonyl (C=O) groups is 1. The lowest BCUT2D eigenvalue weighted by Gasteiger charge is -2.37. The molecule has 2 N–H and O–H groups in total. The Kier molecular flexibility index (Phi) is 11.5. The summed E-state index contributed by atoms with van der Waals surface area (Å²) in [6, 6.07) is 0.133. The van der Waals surface area contributed by atoms with Crippen LogP contribution in [0.4, 0.5) is 4.79 Å². The molecule has 1 aliphatic carbocycles. The number of piperidine rings is 1. The molecule has 2 rings (SSSR count). The van der Waals surface area contributed by atoms with E-state index in [1.807, 2.05) is 25.7 Å². The van der Waals surface area contributed by atoms with Crippen LogP contribution in [0.5, 0.6) is 0 Å². The molecule has 164 valence electrons. The lowest BCUT2D eigenvalue weighted by atomic mass is 10.0. The monoisotopic (exact) mass is 510 g/mol. The first-order valence-electron chi connectivity index (χ1n) is 10.4. The van der Waals surface area contributed by atoms with Crippen molar-refractivity contribution in [1.29, 1.82) is 0 Å². The van der Waals surface area contributed by atoms with Crippen molar-refractivity contribution in [3.8, 4) is 0 Å². The molecule has 0 spiro atoms. The van der Waals surface area contributed by atoms with Gasteiger partial charge in [0.05, 0.1) is 6.04 Å². The molecule has 1 atom stereocenters. The van der Waals surface area contributed by atoms with Gasteiger partial charge in [0, 0.05) is 39.9 Å². The number of carbonyl (C=O) groups excluding carboxylic acids is 1. The van der Waals surface area contributed by atoms with Gasteiger partial charge in [-0.05, 0) is 65.2 Å². The van der Waals surface area contributed by atoms with Crippen LogP contribution in [0.15, 0.2) is 4.99 Å². The molecular formula is C20H39IN4O3. The van der Waals surface area contributed by atoms with Crippen molar-refractivity contribution < 1.29 is 14.3 Å².